The molecule has 3 rings (SSSR count). The van der Waals surface area contributed by atoms with Crippen molar-refractivity contribution in [1.82, 2.24) is 0 Å². The molecule has 2 aromatic carbocycles. The number of quaternary nitrogens is 1. The molecule has 0 saturated carbocycles. The maximum atomic E-state index is 13.8. The van der Waals surface area contributed by atoms with E-state index in [-0.39, 0.29) is 24.9 Å². The molecule has 0 aliphatic carbocycles. The van der Waals surface area contributed by atoms with Crippen LogP contribution in [0.3, 0.4) is 0 Å². The fraction of sp³-hybridized carbons (Fsp3) is 0.278. The minimum absolute atomic E-state index is 0.210. The molecule has 1 heterocycles. The lowest BCUT2D eigenvalue weighted by atomic mass is 10.2. The summed E-state index contributed by atoms with van der Waals surface area (Å²) in [6, 6.07) is 10.5. The normalized spacial score (nSPS) is 13.6. The second-order valence-electron chi connectivity index (χ2n) is 6.03. The minimum atomic E-state index is -0.420. The zero-order chi connectivity index (χ0) is 17.1. The van der Waals surface area contributed by atoms with Crippen LogP contribution < -0.4 is 19.7 Å². The highest BCUT2D eigenvalue weighted by Crippen LogP contribution is 2.32. The number of anilines is 1. The van der Waals surface area contributed by atoms with Gasteiger partial charge < -0.3 is 19.7 Å². The van der Waals surface area contributed by atoms with Crippen molar-refractivity contribution >= 4 is 11.6 Å². The van der Waals surface area contributed by atoms with Crippen LogP contribution in [0, 0.1) is 12.7 Å². The zero-order valence-electron chi connectivity index (χ0n) is 13.7. The minimum Gasteiger partial charge on any atom is -0.454 e. The number of fused-ring (bicyclic) bond motifs is 1. The fourth-order valence-corrected chi connectivity index (χ4v) is 2.65. The molecule has 24 heavy (non-hydrogen) atoms. The van der Waals surface area contributed by atoms with Crippen LogP contribution in [0.1, 0.15) is 11.1 Å². The summed E-state index contributed by atoms with van der Waals surface area (Å²) < 4.78 is 24.4. The lowest BCUT2D eigenvalue weighted by Gasteiger charge is -2.14. The fourth-order valence-electron chi connectivity index (χ4n) is 2.65. The topological polar surface area (TPSA) is 52.0 Å². The van der Waals surface area contributed by atoms with Gasteiger partial charge in [-0.25, -0.2) is 4.39 Å². The summed E-state index contributed by atoms with van der Waals surface area (Å²) in [6.45, 7) is 2.94. The van der Waals surface area contributed by atoms with Crippen molar-refractivity contribution in [1.29, 1.82) is 0 Å². The molecule has 0 saturated heterocycles. The van der Waals surface area contributed by atoms with Crippen molar-refractivity contribution in [2.45, 2.75) is 13.5 Å². The Morgan fingerprint density at radius 1 is 1.21 bits per heavy atom. The number of hydrogen-bond acceptors (Lipinski definition) is 3. The third-order valence-electron chi connectivity index (χ3n) is 3.80. The molecule has 1 amide bonds. The van der Waals surface area contributed by atoms with Crippen LogP contribution in [0.2, 0.25) is 0 Å². The van der Waals surface area contributed by atoms with E-state index in [0.717, 1.165) is 27.5 Å². The van der Waals surface area contributed by atoms with Gasteiger partial charge in [-0.15, -0.1) is 0 Å². The molecule has 1 aliphatic heterocycles. The molecule has 2 N–H and O–H groups in total. The summed E-state index contributed by atoms with van der Waals surface area (Å²) in [6.07, 6.45) is 0. The van der Waals surface area contributed by atoms with Gasteiger partial charge in [0.25, 0.3) is 5.91 Å². The molecule has 6 heteroatoms. The van der Waals surface area contributed by atoms with Gasteiger partial charge in [-0.05, 0) is 42.8 Å². The Hall–Kier alpha value is -2.60. The van der Waals surface area contributed by atoms with E-state index in [4.69, 9.17) is 9.47 Å². The highest BCUT2D eigenvalue weighted by molar-refractivity contribution is 5.91. The van der Waals surface area contributed by atoms with Gasteiger partial charge in [0, 0.05) is 5.56 Å². The molecule has 0 fully saturated rings. The zero-order valence-corrected chi connectivity index (χ0v) is 13.7. The Balaban J connectivity index is 1.56. The number of amides is 1. The van der Waals surface area contributed by atoms with Gasteiger partial charge in [-0.2, -0.15) is 0 Å². The number of nitrogens with one attached hydrogen (secondary N) is 2. The van der Waals surface area contributed by atoms with Crippen molar-refractivity contribution in [3.63, 3.8) is 0 Å². The number of aryl methyl sites for hydroxylation is 1. The van der Waals surface area contributed by atoms with Gasteiger partial charge in [0.2, 0.25) is 6.79 Å². The molecule has 0 radical (unpaired) electrons. The van der Waals surface area contributed by atoms with E-state index >= 15 is 0 Å². The first kappa shape index (κ1) is 16.3. The number of rotatable bonds is 5. The van der Waals surface area contributed by atoms with Crippen molar-refractivity contribution < 1.29 is 23.6 Å². The van der Waals surface area contributed by atoms with E-state index in [0.29, 0.717) is 6.54 Å². The number of likely N-dealkylation sites (N-methyl/N-ethyl adjacent to an activating group) is 1. The van der Waals surface area contributed by atoms with E-state index in [1.165, 1.54) is 6.07 Å². The first-order valence-corrected chi connectivity index (χ1v) is 7.77. The van der Waals surface area contributed by atoms with Gasteiger partial charge in [-0.1, -0.05) is 6.07 Å². The molecular formula is C18H20FN2O3+. The predicted molar refractivity (Wildman–Crippen MR) is 87.8 cm³/mol. The number of ether oxygens (including phenoxy) is 2. The van der Waals surface area contributed by atoms with Crippen LogP contribution in [0.25, 0.3) is 0 Å². The van der Waals surface area contributed by atoms with Crippen molar-refractivity contribution in [2.75, 3.05) is 25.7 Å². The Morgan fingerprint density at radius 3 is 2.79 bits per heavy atom. The second-order valence-corrected chi connectivity index (χ2v) is 6.03. The molecule has 0 bridgehead atoms. The first-order valence-electron chi connectivity index (χ1n) is 7.77. The molecule has 1 unspecified atom stereocenters. The molecule has 5 nitrogen and oxygen atoms in total. The molecule has 126 valence electrons. The summed E-state index contributed by atoms with van der Waals surface area (Å²) in [5.74, 6) is 0.822. The Morgan fingerprint density at radius 2 is 2.00 bits per heavy atom. The molecular weight excluding hydrogens is 311 g/mol. The van der Waals surface area contributed by atoms with Crippen LogP contribution in [-0.4, -0.2) is 26.3 Å². The SMILES string of the molecule is Cc1ccc(NC(=O)C[NH+](C)Cc2ccc3c(c2)OCO3)c(F)c1. The van der Waals surface area contributed by atoms with Gasteiger partial charge in [0.15, 0.2) is 18.0 Å². The number of halogens is 1. The highest BCUT2D eigenvalue weighted by atomic mass is 19.1. The van der Waals surface area contributed by atoms with Crippen LogP contribution >= 0.6 is 0 Å². The first-order chi connectivity index (χ1) is 11.5. The van der Waals surface area contributed by atoms with Crippen molar-refractivity contribution in [3.8, 4) is 11.5 Å². The van der Waals surface area contributed by atoms with Gasteiger partial charge in [0.05, 0.1) is 12.7 Å². The summed E-state index contributed by atoms with van der Waals surface area (Å²) in [4.78, 5) is 13.1. The van der Waals surface area contributed by atoms with Crippen LogP contribution in [0.15, 0.2) is 36.4 Å². The molecule has 0 aromatic heterocycles. The number of benzene rings is 2. The number of hydrogen-bond donors (Lipinski definition) is 2. The molecule has 1 atom stereocenters. The smallest absolute Gasteiger partial charge is 0.279 e. The van der Waals surface area contributed by atoms with Crippen LogP contribution in [0.5, 0.6) is 11.5 Å². The summed E-state index contributed by atoms with van der Waals surface area (Å²) >= 11 is 0. The third-order valence-corrected chi connectivity index (χ3v) is 3.80. The van der Waals surface area contributed by atoms with E-state index in [1.54, 1.807) is 19.1 Å². The van der Waals surface area contributed by atoms with Gasteiger partial charge >= 0.3 is 0 Å². The van der Waals surface area contributed by atoms with E-state index < -0.39 is 5.82 Å². The standard InChI is InChI=1S/C18H19FN2O3/c1-12-3-5-15(14(19)7-12)20-18(22)10-21(2)9-13-4-6-16-17(8-13)24-11-23-16/h3-8H,9-11H2,1-2H3,(H,20,22)/p+1. The average molecular weight is 331 g/mol. The second kappa shape index (κ2) is 6.88. The van der Waals surface area contributed by atoms with Gasteiger partial charge in [0.1, 0.15) is 12.4 Å². The predicted octanol–water partition coefficient (Wildman–Crippen LogP) is 1.52. The maximum Gasteiger partial charge on any atom is 0.279 e. The molecule has 2 aromatic rings. The average Bonchev–Trinajstić information content (AvgIpc) is 2.97. The van der Waals surface area contributed by atoms with E-state index in [9.17, 15) is 9.18 Å². The molecule has 1 aliphatic rings. The largest absolute Gasteiger partial charge is 0.454 e. The van der Waals surface area contributed by atoms with Crippen molar-refractivity contribution in [3.05, 3.63) is 53.3 Å². The monoisotopic (exact) mass is 331 g/mol. The Bertz CT molecular complexity index is 764. The number of carbonyl (C=O) groups is 1. The van der Waals surface area contributed by atoms with Crippen LogP contribution in [-0.2, 0) is 11.3 Å². The summed E-state index contributed by atoms with van der Waals surface area (Å²) in [7, 11) is 1.91. The van der Waals surface area contributed by atoms with E-state index in [2.05, 4.69) is 5.32 Å². The maximum absolute atomic E-state index is 13.8. The summed E-state index contributed by atoms with van der Waals surface area (Å²) in [5, 5.41) is 2.62. The Labute approximate surface area is 140 Å². The quantitative estimate of drug-likeness (QED) is 0.873. The van der Waals surface area contributed by atoms with E-state index in [1.807, 2.05) is 25.2 Å². The van der Waals surface area contributed by atoms with Crippen LogP contribution in [0.4, 0.5) is 10.1 Å². The Kier molecular flexibility index (Phi) is 4.66. The lowest BCUT2D eigenvalue weighted by Crippen LogP contribution is -3.08. The summed E-state index contributed by atoms with van der Waals surface area (Å²) in [5.41, 5.74) is 2.07. The third kappa shape index (κ3) is 3.83. The molecule has 0 spiro atoms. The van der Waals surface area contributed by atoms with Gasteiger partial charge in [-0.3, -0.25) is 4.79 Å². The van der Waals surface area contributed by atoms with Crippen molar-refractivity contribution in [2.24, 2.45) is 0 Å². The number of carbonyl (C=O) groups excluding carboxylic acids is 1. The lowest BCUT2D eigenvalue weighted by molar-refractivity contribution is -0.885. The highest BCUT2D eigenvalue weighted by Gasteiger charge is 2.16.